The Kier molecular flexibility index (Phi) is 5.76. The maximum atomic E-state index is 12.4. The Labute approximate surface area is 148 Å². The van der Waals surface area contributed by atoms with Gasteiger partial charge in [0.15, 0.2) is 5.82 Å². The number of likely N-dealkylation sites (tertiary alicyclic amines) is 1. The van der Waals surface area contributed by atoms with E-state index in [4.69, 9.17) is 16.3 Å². The van der Waals surface area contributed by atoms with E-state index < -0.39 is 0 Å². The Morgan fingerprint density at radius 1 is 1.25 bits per heavy atom. The molecule has 2 aliphatic rings. The summed E-state index contributed by atoms with van der Waals surface area (Å²) in [5.41, 5.74) is 0. The summed E-state index contributed by atoms with van der Waals surface area (Å²) in [6, 6.07) is 0.333. The van der Waals surface area contributed by atoms with Crippen molar-refractivity contribution in [2.45, 2.75) is 38.5 Å². The van der Waals surface area contributed by atoms with Gasteiger partial charge in [0.2, 0.25) is 5.91 Å². The van der Waals surface area contributed by atoms with E-state index in [0.717, 1.165) is 64.1 Å². The minimum Gasteiger partial charge on any atom is -0.467 e. The van der Waals surface area contributed by atoms with Crippen LogP contribution in [-0.4, -0.2) is 54.1 Å². The summed E-state index contributed by atoms with van der Waals surface area (Å²) in [6.45, 7) is 3.63. The van der Waals surface area contributed by atoms with Gasteiger partial charge in [0.25, 0.3) is 0 Å². The van der Waals surface area contributed by atoms with Crippen LogP contribution in [0, 0.1) is 5.92 Å². The first kappa shape index (κ1) is 17.3. The van der Waals surface area contributed by atoms with E-state index in [9.17, 15) is 4.79 Å². The molecule has 2 fully saturated rings. The summed E-state index contributed by atoms with van der Waals surface area (Å²) in [5, 5.41) is 0.544. The molecule has 0 radical (unpaired) electrons. The summed E-state index contributed by atoms with van der Waals surface area (Å²) in [7, 11) is 1.55. The topological polar surface area (TPSA) is 58.6 Å². The highest BCUT2D eigenvalue weighted by atomic mass is 35.5. The van der Waals surface area contributed by atoms with Gasteiger partial charge in [-0.25, -0.2) is 4.98 Å². The van der Waals surface area contributed by atoms with Gasteiger partial charge in [-0.05, 0) is 38.0 Å². The maximum absolute atomic E-state index is 12.4. The maximum Gasteiger partial charge on any atom is 0.318 e. The van der Waals surface area contributed by atoms with Crippen molar-refractivity contribution in [3.05, 3.63) is 11.2 Å². The standard InChI is InChI=1S/C17H25ClN4O2/c1-24-17-19-12-14(18)16(20-17)22-9-4-5-13(6-10-22)11-15(23)21-7-2-3-8-21/h12-13H,2-11H2,1H3/t13-/m1/s1. The minimum atomic E-state index is 0.327. The van der Waals surface area contributed by atoms with Gasteiger partial charge in [-0.2, -0.15) is 4.98 Å². The highest BCUT2D eigenvalue weighted by molar-refractivity contribution is 6.32. The predicted octanol–water partition coefficient (Wildman–Crippen LogP) is 2.76. The molecule has 1 aromatic heterocycles. The Bertz CT molecular complexity index is 578. The number of aromatic nitrogens is 2. The second-order valence-electron chi connectivity index (χ2n) is 6.60. The van der Waals surface area contributed by atoms with Crippen LogP contribution in [0.15, 0.2) is 6.20 Å². The molecule has 3 rings (SSSR count). The molecule has 1 aromatic rings. The van der Waals surface area contributed by atoms with E-state index in [1.165, 1.54) is 0 Å². The van der Waals surface area contributed by atoms with E-state index in [1.54, 1.807) is 13.3 Å². The van der Waals surface area contributed by atoms with Gasteiger partial charge in [0.1, 0.15) is 5.02 Å². The van der Waals surface area contributed by atoms with Crippen LogP contribution in [0.25, 0.3) is 0 Å². The molecule has 2 saturated heterocycles. The van der Waals surface area contributed by atoms with Gasteiger partial charge in [-0.15, -0.1) is 0 Å². The lowest BCUT2D eigenvalue weighted by molar-refractivity contribution is -0.131. The Hall–Kier alpha value is -1.56. The number of anilines is 1. The number of hydrogen-bond acceptors (Lipinski definition) is 5. The van der Waals surface area contributed by atoms with Gasteiger partial charge < -0.3 is 14.5 Å². The van der Waals surface area contributed by atoms with Crippen LogP contribution in [-0.2, 0) is 4.79 Å². The fourth-order valence-electron chi connectivity index (χ4n) is 3.59. The third-order valence-corrected chi connectivity index (χ3v) is 5.22. The summed E-state index contributed by atoms with van der Waals surface area (Å²) >= 11 is 6.26. The molecule has 0 unspecified atom stereocenters. The molecular formula is C17H25ClN4O2. The van der Waals surface area contributed by atoms with Crippen molar-refractivity contribution < 1.29 is 9.53 Å². The van der Waals surface area contributed by atoms with Crippen molar-refractivity contribution >= 4 is 23.3 Å². The quantitative estimate of drug-likeness (QED) is 0.834. The lowest BCUT2D eigenvalue weighted by atomic mass is 9.96. The number of amides is 1. The molecular weight excluding hydrogens is 328 g/mol. The molecule has 24 heavy (non-hydrogen) atoms. The largest absolute Gasteiger partial charge is 0.467 e. The monoisotopic (exact) mass is 352 g/mol. The second-order valence-corrected chi connectivity index (χ2v) is 7.01. The Morgan fingerprint density at radius 3 is 2.79 bits per heavy atom. The van der Waals surface area contributed by atoms with Crippen molar-refractivity contribution in [1.82, 2.24) is 14.9 Å². The zero-order valence-electron chi connectivity index (χ0n) is 14.2. The normalized spacial score (nSPS) is 21.7. The van der Waals surface area contributed by atoms with Crippen molar-refractivity contribution in [3.63, 3.8) is 0 Å². The van der Waals surface area contributed by atoms with Crippen LogP contribution in [0.3, 0.4) is 0 Å². The number of ether oxygens (including phenoxy) is 1. The van der Waals surface area contributed by atoms with Gasteiger partial charge in [0, 0.05) is 32.6 Å². The van der Waals surface area contributed by atoms with Gasteiger partial charge >= 0.3 is 6.01 Å². The number of rotatable bonds is 4. The molecule has 0 spiro atoms. The van der Waals surface area contributed by atoms with Crippen LogP contribution in [0.2, 0.25) is 5.02 Å². The molecule has 2 aliphatic heterocycles. The Balaban J connectivity index is 1.59. The van der Waals surface area contributed by atoms with E-state index in [-0.39, 0.29) is 0 Å². The average molecular weight is 353 g/mol. The SMILES string of the molecule is COc1ncc(Cl)c(N2CCC[C@@H](CC(=O)N3CCCC3)CC2)n1. The van der Waals surface area contributed by atoms with E-state index in [1.807, 2.05) is 4.90 Å². The second kappa shape index (κ2) is 8.01. The number of hydrogen-bond donors (Lipinski definition) is 0. The number of carbonyl (C=O) groups is 1. The highest BCUT2D eigenvalue weighted by Gasteiger charge is 2.25. The van der Waals surface area contributed by atoms with E-state index in [2.05, 4.69) is 14.9 Å². The molecule has 7 heteroatoms. The van der Waals surface area contributed by atoms with Crippen LogP contribution >= 0.6 is 11.6 Å². The van der Waals surface area contributed by atoms with Crippen molar-refractivity contribution in [2.75, 3.05) is 38.2 Å². The molecule has 0 aliphatic carbocycles. The van der Waals surface area contributed by atoms with Crippen molar-refractivity contribution in [1.29, 1.82) is 0 Å². The number of carbonyl (C=O) groups excluding carboxylic acids is 1. The minimum absolute atomic E-state index is 0.327. The van der Waals surface area contributed by atoms with Gasteiger partial charge in [-0.1, -0.05) is 11.6 Å². The van der Waals surface area contributed by atoms with Crippen molar-refractivity contribution in [3.8, 4) is 6.01 Å². The van der Waals surface area contributed by atoms with Crippen LogP contribution in [0.5, 0.6) is 6.01 Å². The summed E-state index contributed by atoms with van der Waals surface area (Å²) < 4.78 is 5.10. The average Bonchev–Trinajstić information content (AvgIpc) is 3.04. The molecule has 1 amide bonds. The van der Waals surface area contributed by atoms with Crippen LogP contribution < -0.4 is 9.64 Å². The molecule has 0 N–H and O–H groups in total. The summed E-state index contributed by atoms with van der Waals surface area (Å²) in [6.07, 6.45) is 7.67. The first-order valence-corrected chi connectivity index (χ1v) is 9.14. The smallest absolute Gasteiger partial charge is 0.318 e. The van der Waals surface area contributed by atoms with Gasteiger partial charge in [-0.3, -0.25) is 4.79 Å². The third-order valence-electron chi connectivity index (χ3n) is 4.96. The lowest BCUT2D eigenvalue weighted by Crippen LogP contribution is -2.30. The first-order chi connectivity index (χ1) is 11.7. The van der Waals surface area contributed by atoms with Gasteiger partial charge in [0.05, 0.1) is 13.3 Å². The highest BCUT2D eigenvalue weighted by Crippen LogP contribution is 2.29. The lowest BCUT2D eigenvalue weighted by Gasteiger charge is -2.23. The zero-order chi connectivity index (χ0) is 16.9. The van der Waals surface area contributed by atoms with Crippen molar-refractivity contribution in [2.24, 2.45) is 5.92 Å². The summed E-state index contributed by atoms with van der Waals surface area (Å²) in [4.78, 5) is 25.0. The third kappa shape index (κ3) is 4.09. The number of methoxy groups -OCH3 is 1. The molecule has 1 atom stereocenters. The summed E-state index contributed by atoms with van der Waals surface area (Å²) in [5.74, 6) is 1.51. The molecule has 6 nitrogen and oxygen atoms in total. The molecule has 0 aromatic carbocycles. The molecule has 0 bridgehead atoms. The molecule has 3 heterocycles. The molecule has 132 valence electrons. The van der Waals surface area contributed by atoms with E-state index >= 15 is 0 Å². The Morgan fingerprint density at radius 2 is 2.04 bits per heavy atom. The van der Waals surface area contributed by atoms with Crippen LogP contribution in [0.1, 0.15) is 38.5 Å². The first-order valence-electron chi connectivity index (χ1n) is 8.76. The number of nitrogens with zero attached hydrogens (tertiary/aromatic N) is 4. The number of halogens is 1. The van der Waals surface area contributed by atoms with Crippen LogP contribution in [0.4, 0.5) is 5.82 Å². The zero-order valence-corrected chi connectivity index (χ0v) is 15.0. The fourth-order valence-corrected chi connectivity index (χ4v) is 3.80. The van der Waals surface area contributed by atoms with E-state index in [0.29, 0.717) is 29.3 Å². The fraction of sp³-hybridized carbons (Fsp3) is 0.706. The predicted molar refractivity (Wildman–Crippen MR) is 93.6 cm³/mol. The molecule has 0 saturated carbocycles.